The Balaban J connectivity index is 1.52. The van der Waals surface area contributed by atoms with E-state index >= 15 is 0 Å². The van der Waals surface area contributed by atoms with Gasteiger partial charge in [-0.05, 0) is 38.8 Å². The molecular formula is C20H28FN3O2. The summed E-state index contributed by atoms with van der Waals surface area (Å²) in [5.41, 5.74) is 0.619. The van der Waals surface area contributed by atoms with E-state index in [1.807, 2.05) is 11.8 Å². The van der Waals surface area contributed by atoms with Crippen LogP contribution in [0.4, 0.5) is 4.39 Å². The maximum absolute atomic E-state index is 13.6. The van der Waals surface area contributed by atoms with Crippen molar-refractivity contribution in [2.75, 3.05) is 32.7 Å². The highest BCUT2D eigenvalue weighted by Crippen LogP contribution is 2.38. The molecule has 0 aromatic heterocycles. The zero-order chi connectivity index (χ0) is 18.6. The van der Waals surface area contributed by atoms with Gasteiger partial charge in [0.15, 0.2) is 0 Å². The third-order valence-electron chi connectivity index (χ3n) is 5.67. The molecule has 1 aromatic rings. The molecule has 1 aromatic carbocycles. The normalized spacial score (nSPS) is 24.1. The van der Waals surface area contributed by atoms with Gasteiger partial charge in [-0.2, -0.15) is 0 Å². The molecule has 2 heterocycles. The summed E-state index contributed by atoms with van der Waals surface area (Å²) in [6.45, 7) is 5.87. The van der Waals surface area contributed by atoms with Crippen molar-refractivity contribution in [2.45, 2.75) is 39.2 Å². The second-order valence-electron chi connectivity index (χ2n) is 7.59. The lowest BCUT2D eigenvalue weighted by atomic mass is 9.73. The summed E-state index contributed by atoms with van der Waals surface area (Å²) < 4.78 is 13.6. The molecule has 5 nitrogen and oxygen atoms in total. The van der Waals surface area contributed by atoms with Crippen LogP contribution in [-0.4, -0.2) is 54.3 Å². The van der Waals surface area contributed by atoms with E-state index in [-0.39, 0.29) is 29.6 Å². The van der Waals surface area contributed by atoms with Gasteiger partial charge >= 0.3 is 0 Å². The first-order valence-electron chi connectivity index (χ1n) is 9.51. The molecular weight excluding hydrogens is 333 g/mol. The number of amides is 2. The van der Waals surface area contributed by atoms with Gasteiger partial charge in [-0.25, -0.2) is 4.39 Å². The highest BCUT2D eigenvalue weighted by molar-refractivity contribution is 5.78. The van der Waals surface area contributed by atoms with E-state index in [0.29, 0.717) is 18.5 Å². The minimum absolute atomic E-state index is 0.0791. The van der Waals surface area contributed by atoms with Crippen molar-refractivity contribution in [1.82, 2.24) is 15.1 Å². The standard InChI is InChI=1S/C20H28FN3O2/c1-2-24-15-20(10-8-19(24)26)9-5-11-23(14-20)13-18(25)22-12-16-6-3-4-7-17(16)21/h3-4,6-7H,2,5,8-15H2,1H3,(H,22,25)/t20-/m1/s1. The average Bonchev–Trinajstić information content (AvgIpc) is 2.63. The molecule has 0 radical (unpaired) electrons. The van der Waals surface area contributed by atoms with Gasteiger partial charge in [0.1, 0.15) is 5.82 Å². The molecule has 2 aliphatic heterocycles. The van der Waals surface area contributed by atoms with Crippen molar-refractivity contribution in [1.29, 1.82) is 0 Å². The van der Waals surface area contributed by atoms with E-state index in [1.165, 1.54) is 6.07 Å². The van der Waals surface area contributed by atoms with Crippen LogP contribution in [0.5, 0.6) is 0 Å². The van der Waals surface area contributed by atoms with Crippen molar-refractivity contribution in [3.05, 3.63) is 35.6 Å². The van der Waals surface area contributed by atoms with Crippen LogP contribution in [0.3, 0.4) is 0 Å². The van der Waals surface area contributed by atoms with E-state index in [1.54, 1.807) is 18.2 Å². The third-order valence-corrected chi connectivity index (χ3v) is 5.67. The number of piperidine rings is 2. The number of carbonyl (C=O) groups excluding carboxylic acids is 2. The fraction of sp³-hybridized carbons (Fsp3) is 0.600. The Morgan fingerprint density at radius 2 is 2.08 bits per heavy atom. The number of rotatable bonds is 5. The maximum Gasteiger partial charge on any atom is 0.234 e. The molecule has 1 atom stereocenters. The minimum atomic E-state index is -0.295. The molecule has 0 aliphatic carbocycles. The summed E-state index contributed by atoms with van der Waals surface area (Å²) in [4.78, 5) is 28.4. The highest BCUT2D eigenvalue weighted by Gasteiger charge is 2.41. The molecule has 1 N–H and O–H groups in total. The quantitative estimate of drug-likeness (QED) is 0.874. The average molecular weight is 361 g/mol. The van der Waals surface area contributed by atoms with Crippen LogP contribution in [0.15, 0.2) is 24.3 Å². The molecule has 2 aliphatic rings. The SMILES string of the molecule is CCN1C[C@]2(CCCN(CC(=O)NCc3ccccc3F)C2)CCC1=O. The number of likely N-dealkylation sites (tertiary alicyclic amines) is 2. The monoisotopic (exact) mass is 361 g/mol. The Morgan fingerprint density at radius 1 is 1.27 bits per heavy atom. The summed E-state index contributed by atoms with van der Waals surface area (Å²) in [6, 6.07) is 6.49. The number of hydrogen-bond acceptors (Lipinski definition) is 3. The van der Waals surface area contributed by atoms with Crippen LogP contribution in [0.2, 0.25) is 0 Å². The molecule has 3 rings (SSSR count). The number of nitrogens with zero attached hydrogens (tertiary/aromatic N) is 2. The second-order valence-corrected chi connectivity index (χ2v) is 7.59. The first-order chi connectivity index (χ1) is 12.5. The third kappa shape index (κ3) is 4.41. The van der Waals surface area contributed by atoms with E-state index in [4.69, 9.17) is 0 Å². The predicted molar refractivity (Wildman–Crippen MR) is 97.8 cm³/mol. The zero-order valence-corrected chi connectivity index (χ0v) is 15.5. The molecule has 26 heavy (non-hydrogen) atoms. The van der Waals surface area contributed by atoms with Crippen molar-refractivity contribution in [3.63, 3.8) is 0 Å². The zero-order valence-electron chi connectivity index (χ0n) is 15.5. The van der Waals surface area contributed by atoms with Gasteiger partial charge in [-0.3, -0.25) is 14.5 Å². The van der Waals surface area contributed by atoms with Crippen molar-refractivity contribution >= 4 is 11.8 Å². The van der Waals surface area contributed by atoms with Crippen molar-refractivity contribution < 1.29 is 14.0 Å². The number of hydrogen-bond donors (Lipinski definition) is 1. The van der Waals surface area contributed by atoms with E-state index < -0.39 is 0 Å². The second kappa shape index (κ2) is 8.16. The number of carbonyl (C=O) groups is 2. The Labute approximate surface area is 154 Å². The van der Waals surface area contributed by atoms with Gasteiger partial charge in [-0.15, -0.1) is 0 Å². The molecule has 1 spiro atoms. The fourth-order valence-corrected chi connectivity index (χ4v) is 4.26. The van der Waals surface area contributed by atoms with Gasteiger partial charge in [0.25, 0.3) is 0 Å². The molecule has 2 amide bonds. The van der Waals surface area contributed by atoms with Crippen LogP contribution in [0, 0.1) is 11.2 Å². The lowest BCUT2D eigenvalue weighted by Crippen LogP contribution is -2.55. The maximum atomic E-state index is 13.6. The van der Waals surface area contributed by atoms with Crippen molar-refractivity contribution in [3.8, 4) is 0 Å². The molecule has 2 saturated heterocycles. The molecule has 142 valence electrons. The first-order valence-corrected chi connectivity index (χ1v) is 9.51. The summed E-state index contributed by atoms with van der Waals surface area (Å²) in [6.07, 6.45) is 3.69. The largest absolute Gasteiger partial charge is 0.351 e. The number of nitrogens with one attached hydrogen (secondary N) is 1. The summed E-state index contributed by atoms with van der Waals surface area (Å²) in [5.74, 6) is -0.126. The topological polar surface area (TPSA) is 52.6 Å². The van der Waals surface area contributed by atoms with E-state index in [0.717, 1.165) is 45.4 Å². The van der Waals surface area contributed by atoms with E-state index in [2.05, 4.69) is 10.2 Å². The predicted octanol–water partition coefficient (Wildman–Crippen LogP) is 2.17. The van der Waals surface area contributed by atoms with Gasteiger partial charge in [0.05, 0.1) is 6.54 Å². The minimum Gasteiger partial charge on any atom is -0.351 e. The Bertz CT molecular complexity index is 666. The molecule has 0 saturated carbocycles. The molecule has 0 bridgehead atoms. The summed E-state index contributed by atoms with van der Waals surface area (Å²) in [5, 5.41) is 2.82. The van der Waals surface area contributed by atoms with E-state index in [9.17, 15) is 14.0 Å². The molecule has 0 unspecified atom stereocenters. The summed E-state index contributed by atoms with van der Waals surface area (Å²) >= 11 is 0. The molecule has 6 heteroatoms. The van der Waals surface area contributed by atoms with Gasteiger partial charge in [0.2, 0.25) is 11.8 Å². The lowest BCUT2D eigenvalue weighted by molar-refractivity contribution is -0.139. The van der Waals surface area contributed by atoms with Crippen LogP contribution < -0.4 is 5.32 Å². The smallest absolute Gasteiger partial charge is 0.234 e. The van der Waals surface area contributed by atoms with Crippen molar-refractivity contribution in [2.24, 2.45) is 5.41 Å². The Hall–Kier alpha value is -1.95. The van der Waals surface area contributed by atoms with Gasteiger partial charge in [-0.1, -0.05) is 18.2 Å². The number of benzene rings is 1. The van der Waals surface area contributed by atoms with Crippen LogP contribution in [0.1, 0.15) is 38.2 Å². The Kier molecular flexibility index (Phi) is 5.91. The first kappa shape index (κ1) is 18.8. The van der Waals surface area contributed by atoms with Gasteiger partial charge in [0, 0.05) is 43.6 Å². The summed E-state index contributed by atoms with van der Waals surface area (Å²) in [7, 11) is 0. The van der Waals surface area contributed by atoms with Crippen LogP contribution in [0.25, 0.3) is 0 Å². The fourth-order valence-electron chi connectivity index (χ4n) is 4.26. The van der Waals surface area contributed by atoms with Gasteiger partial charge < -0.3 is 10.2 Å². The van der Waals surface area contributed by atoms with Crippen LogP contribution in [-0.2, 0) is 16.1 Å². The van der Waals surface area contributed by atoms with Crippen LogP contribution >= 0.6 is 0 Å². The number of halogens is 1. The Morgan fingerprint density at radius 3 is 2.85 bits per heavy atom. The lowest BCUT2D eigenvalue weighted by Gasteiger charge is -2.48. The molecule has 2 fully saturated rings. The highest BCUT2D eigenvalue weighted by atomic mass is 19.1.